The van der Waals surface area contributed by atoms with Crippen LogP contribution < -0.4 is 19.3 Å². The van der Waals surface area contributed by atoms with Gasteiger partial charge in [-0.25, -0.2) is 0 Å². The van der Waals surface area contributed by atoms with Gasteiger partial charge in [0.05, 0.1) is 51.8 Å². The van der Waals surface area contributed by atoms with Crippen LogP contribution in [-0.4, -0.2) is 76.0 Å². The highest BCUT2D eigenvalue weighted by atomic mass is 16.7. The van der Waals surface area contributed by atoms with Crippen molar-refractivity contribution in [3.63, 3.8) is 0 Å². The lowest BCUT2D eigenvalue weighted by molar-refractivity contribution is -0.918. The van der Waals surface area contributed by atoms with Crippen LogP contribution in [-0.2, 0) is 20.9 Å². The second-order valence-corrected chi connectivity index (χ2v) is 8.45. The molecule has 0 saturated carbocycles. The molecule has 3 heterocycles. The van der Waals surface area contributed by atoms with E-state index >= 15 is 0 Å². The Morgan fingerprint density at radius 1 is 1.07 bits per heavy atom. The van der Waals surface area contributed by atoms with E-state index in [4.69, 9.17) is 14.2 Å². The molecule has 0 aromatic heterocycles. The molecule has 4 rings (SSSR count). The standard InChI is InChI=1S/C22H31N3O5/c1-2-28-22(27)18-5-7-23(8-6-18)15-21(26)25-11-9-24(10-12-25)14-17-3-4-19-20(13-17)30-16-29-19/h3-4,13,18H,2,5-12,14-16H2,1H3/p+2. The molecule has 8 nitrogen and oxygen atoms in total. The fourth-order valence-corrected chi connectivity index (χ4v) is 4.61. The molecule has 3 aliphatic rings. The minimum absolute atomic E-state index is 0.00660. The minimum Gasteiger partial charge on any atom is -0.466 e. The summed E-state index contributed by atoms with van der Waals surface area (Å²) in [6.07, 6.45) is 1.63. The number of rotatable bonds is 6. The molecule has 0 bridgehead atoms. The number of nitrogens with one attached hydrogen (secondary N) is 2. The van der Waals surface area contributed by atoms with E-state index in [2.05, 4.69) is 12.1 Å². The smallest absolute Gasteiger partial charge is 0.309 e. The normalized spacial score (nSPS) is 24.0. The zero-order valence-electron chi connectivity index (χ0n) is 17.8. The van der Waals surface area contributed by atoms with Gasteiger partial charge in [-0.3, -0.25) is 9.59 Å². The van der Waals surface area contributed by atoms with E-state index in [0.29, 0.717) is 19.9 Å². The molecule has 164 valence electrons. The van der Waals surface area contributed by atoms with Crippen LogP contribution >= 0.6 is 0 Å². The van der Waals surface area contributed by atoms with Crippen molar-refractivity contribution >= 4 is 11.9 Å². The van der Waals surface area contributed by atoms with Gasteiger partial charge in [-0.2, -0.15) is 0 Å². The first-order chi connectivity index (χ1) is 14.6. The van der Waals surface area contributed by atoms with Gasteiger partial charge < -0.3 is 28.9 Å². The van der Waals surface area contributed by atoms with Gasteiger partial charge in [-0.1, -0.05) is 0 Å². The third kappa shape index (κ3) is 5.05. The number of piperidine rings is 1. The Hall–Kier alpha value is -2.32. The number of hydrogen-bond donors (Lipinski definition) is 2. The van der Waals surface area contributed by atoms with Crippen molar-refractivity contribution in [1.29, 1.82) is 0 Å². The van der Waals surface area contributed by atoms with E-state index in [0.717, 1.165) is 70.2 Å². The van der Waals surface area contributed by atoms with Crippen LogP contribution in [0.1, 0.15) is 25.3 Å². The summed E-state index contributed by atoms with van der Waals surface area (Å²) in [7, 11) is 0. The van der Waals surface area contributed by atoms with Gasteiger partial charge in [0.2, 0.25) is 6.79 Å². The fraction of sp³-hybridized carbons (Fsp3) is 0.636. The lowest BCUT2D eigenvalue weighted by Crippen LogP contribution is -3.15. The molecular formula is C22H33N3O5+2. The topological polar surface area (TPSA) is 74.0 Å². The predicted molar refractivity (Wildman–Crippen MR) is 108 cm³/mol. The van der Waals surface area contributed by atoms with Crippen molar-refractivity contribution in [2.75, 3.05) is 59.2 Å². The summed E-state index contributed by atoms with van der Waals surface area (Å²) in [4.78, 5) is 29.4. The van der Waals surface area contributed by atoms with Crippen molar-refractivity contribution in [1.82, 2.24) is 4.90 Å². The van der Waals surface area contributed by atoms with Crippen LogP contribution in [0.25, 0.3) is 0 Å². The van der Waals surface area contributed by atoms with E-state index in [1.54, 1.807) is 0 Å². The Labute approximate surface area is 177 Å². The molecule has 0 aliphatic carbocycles. The van der Waals surface area contributed by atoms with Gasteiger partial charge in [0.25, 0.3) is 5.91 Å². The molecule has 2 saturated heterocycles. The molecule has 1 amide bonds. The molecule has 3 aliphatic heterocycles. The SMILES string of the molecule is CCOC(=O)C1CC[NH+](CC(=O)N2CC[NH+](Cc3ccc4c(c3)OCO4)CC2)CC1. The molecule has 0 unspecified atom stereocenters. The lowest BCUT2D eigenvalue weighted by Gasteiger charge is -2.34. The number of amides is 1. The zero-order chi connectivity index (χ0) is 20.9. The van der Waals surface area contributed by atoms with Crippen molar-refractivity contribution in [3.8, 4) is 11.5 Å². The summed E-state index contributed by atoms with van der Waals surface area (Å²) in [5, 5.41) is 0. The van der Waals surface area contributed by atoms with Crippen molar-refractivity contribution in [2.24, 2.45) is 5.92 Å². The number of benzene rings is 1. The monoisotopic (exact) mass is 419 g/mol. The van der Waals surface area contributed by atoms with Crippen LogP contribution in [0.15, 0.2) is 18.2 Å². The van der Waals surface area contributed by atoms with Crippen molar-refractivity contribution in [2.45, 2.75) is 26.3 Å². The highest BCUT2D eigenvalue weighted by molar-refractivity contribution is 5.77. The summed E-state index contributed by atoms with van der Waals surface area (Å²) in [5.41, 5.74) is 1.24. The average Bonchev–Trinajstić information content (AvgIpc) is 3.23. The van der Waals surface area contributed by atoms with Gasteiger partial charge in [-0.15, -0.1) is 0 Å². The largest absolute Gasteiger partial charge is 0.466 e. The molecule has 2 fully saturated rings. The van der Waals surface area contributed by atoms with Gasteiger partial charge in [0.15, 0.2) is 18.0 Å². The number of ether oxygens (including phenoxy) is 3. The lowest BCUT2D eigenvalue weighted by atomic mass is 9.97. The van der Waals surface area contributed by atoms with Gasteiger partial charge in [0, 0.05) is 18.4 Å². The number of likely N-dealkylation sites (tertiary alicyclic amines) is 1. The quantitative estimate of drug-likeness (QED) is 0.549. The first-order valence-electron chi connectivity index (χ1n) is 11.1. The predicted octanol–water partition coefficient (Wildman–Crippen LogP) is -1.50. The fourth-order valence-electron chi connectivity index (χ4n) is 4.61. The maximum Gasteiger partial charge on any atom is 0.309 e. The summed E-state index contributed by atoms with van der Waals surface area (Å²) >= 11 is 0. The first kappa shape index (κ1) is 20.9. The molecular weight excluding hydrogens is 386 g/mol. The number of carbonyl (C=O) groups is 2. The molecule has 1 aromatic carbocycles. The zero-order valence-corrected chi connectivity index (χ0v) is 17.8. The molecule has 2 N–H and O–H groups in total. The summed E-state index contributed by atoms with van der Waals surface area (Å²) in [5.74, 6) is 1.81. The molecule has 30 heavy (non-hydrogen) atoms. The maximum atomic E-state index is 12.8. The second kappa shape index (κ2) is 9.66. The van der Waals surface area contributed by atoms with Crippen molar-refractivity contribution < 1.29 is 33.6 Å². The molecule has 1 aromatic rings. The van der Waals surface area contributed by atoms with Crippen molar-refractivity contribution in [3.05, 3.63) is 23.8 Å². The average molecular weight is 420 g/mol. The highest BCUT2D eigenvalue weighted by Crippen LogP contribution is 2.32. The van der Waals surface area contributed by atoms with Crippen LogP contribution in [0.2, 0.25) is 0 Å². The first-order valence-corrected chi connectivity index (χ1v) is 11.1. The Morgan fingerprint density at radius 2 is 1.80 bits per heavy atom. The number of hydrogen-bond acceptors (Lipinski definition) is 5. The van der Waals surface area contributed by atoms with E-state index in [1.807, 2.05) is 17.9 Å². The van der Waals surface area contributed by atoms with Crippen LogP contribution in [0.5, 0.6) is 11.5 Å². The number of piperazine rings is 1. The van der Waals surface area contributed by atoms with Gasteiger partial charge in [-0.05, 0) is 25.1 Å². The van der Waals surface area contributed by atoms with Crippen LogP contribution in [0.3, 0.4) is 0 Å². The Bertz CT molecular complexity index is 755. The number of fused-ring (bicyclic) bond motifs is 1. The van der Waals surface area contributed by atoms with Crippen LogP contribution in [0.4, 0.5) is 0 Å². The maximum absolute atomic E-state index is 12.8. The van der Waals surface area contributed by atoms with E-state index < -0.39 is 0 Å². The number of carbonyl (C=O) groups excluding carboxylic acids is 2. The Kier molecular flexibility index (Phi) is 6.74. The highest BCUT2D eigenvalue weighted by Gasteiger charge is 2.31. The molecule has 8 heteroatoms. The number of esters is 1. The molecule has 0 radical (unpaired) electrons. The minimum atomic E-state index is -0.0792. The number of nitrogens with zero attached hydrogens (tertiary/aromatic N) is 1. The Morgan fingerprint density at radius 3 is 2.53 bits per heavy atom. The Balaban J connectivity index is 1.18. The summed E-state index contributed by atoms with van der Waals surface area (Å²) in [6.45, 7) is 9.30. The number of quaternary nitrogens is 2. The molecule has 0 atom stereocenters. The third-order valence-corrected chi connectivity index (χ3v) is 6.43. The summed E-state index contributed by atoms with van der Waals surface area (Å²) in [6, 6.07) is 6.14. The molecule has 0 spiro atoms. The summed E-state index contributed by atoms with van der Waals surface area (Å²) < 4.78 is 16.0. The van der Waals surface area contributed by atoms with Gasteiger partial charge in [0.1, 0.15) is 6.54 Å². The van der Waals surface area contributed by atoms with E-state index in [-0.39, 0.29) is 17.8 Å². The third-order valence-electron chi connectivity index (χ3n) is 6.43. The van der Waals surface area contributed by atoms with E-state index in [9.17, 15) is 9.59 Å². The second-order valence-electron chi connectivity index (χ2n) is 8.45. The van der Waals surface area contributed by atoms with Gasteiger partial charge >= 0.3 is 5.97 Å². The van der Waals surface area contributed by atoms with Crippen LogP contribution in [0, 0.1) is 5.92 Å². The van der Waals surface area contributed by atoms with E-state index in [1.165, 1.54) is 15.4 Å².